The summed E-state index contributed by atoms with van der Waals surface area (Å²) >= 11 is 1.57. The van der Waals surface area contributed by atoms with Crippen LogP contribution in [0.5, 0.6) is 11.5 Å². The van der Waals surface area contributed by atoms with Gasteiger partial charge in [-0.15, -0.1) is 0 Å². The van der Waals surface area contributed by atoms with Gasteiger partial charge >= 0.3 is 0 Å². The lowest BCUT2D eigenvalue weighted by Gasteiger charge is -2.15. The zero-order valence-electron chi connectivity index (χ0n) is 13.0. The Morgan fingerprint density at radius 1 is 1.25 bits per heavy atom. The highest BCUT2D eigenvalue weighted by molar-refractivity contribution is 7.22. The van der Waals surface area contributed by atoms with Crippen LogP contribution in [0.3, 0.4) is 0 Å². The van der Waals surface area contributed by atoms with Crippen molar-refractivity contribution in [1.29, 1.82) is 0 Å². The Morgan fingerprint density at radius 2 is 2.08 bits per heavy atom. The summed E-state index contributed by atoms with van der Waals surface area (Å²) in [6, 6.07) is 13.3. The fourth-order valence-electron chi connectivity index (χ4n) is 2.48. The van der Waals surface area contributed by atoms with Crippen LogP contribution in [0.4, 0.5) is 10.8 Å². The average molecular weight is 341 g/mol. The van der Waals surface area contributed by atoms with E-state index in [-0.39, 0.29) is 19.2 Å². The van der Waals surface area contributed by atoms with Gasteiger partial charge in [0.15, 0.2) is 16.6 Å². The molecule has 0 saturated heterocycles. The number of nitrogens with zero attached hydrogens (tertiary/aromatic N) is 2. The van der Waals surface area contributed by atoms with Crippen molar-refractivity contribution in [2.45, 2.75) is 0 Å². The van der Waals surface area contributed by atoms with E-state index in [0.717, 1.165) is 15.3 Å². The van der Waals surface area contributed by atoms with E-state index in [4.69, 9.17) is 9.47 Å². The number of likely N-dealkylation sites (N-methyl/N-ethyl adjacent to an activating group) is 1. The molecule has 7 heteroatoms. The van der Waals surface area contributed by atoms with E-state index in [1.165, 1.54) is 0 Å². The summed E-state index contributed by atoms with van der Waals surface area (Å²) in [6.45, 7) is 0.432. The molecule has 0 unspecified atom stereocenters. The van der Waals surface area contributed by atoms with Gasteiger partial charge in [-0.25, -0.2) is 4.98 Å². The summed E-state index contributed by atoms with van der Waals surface area (Å²) in [5, 5.41) is 3.68. The standard InChI is InChI=1S/C17H15N3O3S/c1-20(17-19-12-4-2-3-5-15(12)24-17)9-16(21)18-11-6-7-13-14(8-11)23-10-22-13/h2-8H,9-10H2,1H3,(H,18,21). The Hall–Kier alpha value is -2.80. The van der Waals surface area contributed by atoms with E-state index in [2.05, 4.69) is 10.3 Å². The number of ether oxygens (including phenoxy) is 2. The van der Waals surface area contributed by atoms with Gasteiger partial charge in [0.05, 0.1) is 16.8 Å². The van der Waals surface area contributed by atoms with Gasteiger partial charge < -0.3 is 19.7 Å². The number of rotatable bonds is 4. The average Bonchev–Trinajstić information content (AvgIpc) is 3.20. The van der Waals surface area contributed by atoms with Gasteiger partial charge in [0.1, 0.15) is 0 Å². The van der Waals surface area contributed by atoms with Gasteiger partial charge in [-0.1, -0.05) is 23.5 Å². The first-order valence-corrected chi connectivity index (χ1v) is 8.27. The van der Waals surface area contributed by atoms with E-state index in [1.54, 1.807) is 29.5 Å². The minimum atomic E-state index is -0.115. The van der Waals surface area contributed by atoms with Gasteiger partial charge in [0.2, 0.25) is 12.7 Å². The van der Waals surface area contributed by atoms with Gasteiger partial charge in [0, 0.05) is 18.8 Å². The van der Waals surface area contributed by atoms with Crippen molar-refractivity contribution in [1.82, 2.24) is 4.98 Å². The highest BCUT2D eigenvalue weighted by atomic mass is 32.1. The van der Waals surface area contributed by atoms with Crippen molar-refractivity contribution in [2.75, 3.05) is 30.6 Å². The van der Waals surface area contributed by atoms with Crippen LogP contribution in [0.25, 0.3) is 10.2 Å². The van der Waals surface area contributed by atoms with Gasteiger partial charge in [0.25, 0.3) is 0 Å². The first kappa shape index (κ1) is 14.8. The molecule has 3 aromatic rings. The number of carbonyl (C=O) groups is 1. The molecule has 0 fully saturated rings. The van der Waals surface area contributed by atoms with Crippen LogP contribution in [-0.4, -0.2) is 31.3 Å². The van der Waals surface area contributed by atoms with Crippen molar-refractivity contribution >= 4 is 38.3 Å². The van der Waals surface area contributed by atoms with Crippen LogP contribution < -0.4 is 19.7 Å². The number of amides is 1. The lowest BCUT2D eigenvalue weighted by atomic mass is 10.3. The second-order valence-electron chi connectivity index (χ2n) is 5.44. The number of carbonyl (C=O) groups excluding carboxylic acids is 1. The van der Waals surface area contributed by atoms with Gasteiger partial charge in [-0.05, 0) is 24.3 Å². The highest BCUT2D eigenvalue weighted by Gasteiger charge is 2.15. The molecule has 0 atom stereocenters. The maximum Gasteiger partial charge on any atom is 0.243 e. The Labute approximate surface area is 142 Å². The second kappa shape index (κ2) is 6.01. The Bertz CT molecular complexity index is 876. The lowest BCUT2D eigenvalue weighted by Crippen LogP contribution is -2.29. The molecule has 0 spiro atoms. The highest BCUT2D eigenvalue weighted by Crippen LogP contribution is 2.34. The van der Waals surface area contributed by atoms with E-state index in [1.807, 2.05) is 36.2 Å². The second-order valence-corrected chi connectivity index (χ2v) is 6.45. The first-order chi connectivity index (χ1) is 11.7. The largest absolute Gasteiger partial charge is 0.454 e. The molecule has 2 heterocycles. The summed E-state index contributed by atoms with van der Waals surface area (Å²) in [4.78, 5) is 18.7. The van der Waals surface area contributed by atoms with Crippen molar-refractivity contribution in [3.8, 4) is 11.5 Å². The first-order valence-electron chi connectivity index (χ1n) is 7.45. The number of fused-ring (bicyclic) bond motifs is 2. The number of nitrogens with one attached hydrogen (secondary N) is 1. The molecule has 4 rings (SSSR count). The minimum absolute atomic E-state index is 0.115. The number of para-hydroxylation sites is 1. The molecule has 2 aromatic carbocycles. The predicted octanol–water partition coefficient (Wildman–Crippen LogP) is 3.10. The lowest BCUT2D eigenvalue weighted by molar-refractivity contribution is -0.114. The molecular formula is C17H15N3O3S. The van der Waals surface area contributed by atoms with Crippen molar-refractivity contribution in [3.05, 3.63) is 42.5 Å². The zero-order chi connectivity index (χ0) is 16.5. The number of benzene rings is 2. The van der Waals surface area contributed by atoms with Crippen LogP contribution >= 0.6 is 11.3 Å². The molecular weight excluding hydrogens is 326 g/mol. The number of aromatic nitrogens is 1. The smallest absolute Gasteiger partial charge is 0.243 e. The third-order valence-electron chi connectivity index (χ3n) is 3.65. The molecule has 6 nitrogen and oxygen atoms in total. The van der Waals surface area contributed by atoms with E-state index >= 15 is 0 Å². The van der Waals surface area contributed by atoms with Crippen molar-refractivity contribution in [3.63, 3.8) is 0 Å². The van der Waals surface area contributed by atoms with Crippen LogP contribution in [0, 0.1) is 0 Å². The van der Waals surface area contributed by atoms with E-state index in [0.29, 0.717) is 17.2 Å². The summed E-state index contributed by atoms with van der Waals surface area (Å²) in [7, 11) is 1.86. The molecule has 0 aliphatic carbocycles. The Balaban J connectivity index is 1.43. The summed E-state index contributed by atoms with van der Waals surface area (Å²) < 4.78 is 11.7. The summed E-state index contributed by atoms with van der Waals surface area (Å²) in [5.74, 6) is 1.22. The van der Waals surface area contributed by atoms with Crippen LogP contribution in [0.1, 0.15) is 0 Å². The molecule has 1 aromatic heterocycles. The van der Waals surface area contributed by atoms with Crippen molar-refractivity contribution < 1.29 is 14.3 Å². The maximum atomic E-state index is 12.3. The summed E-state index contributed by atoms with van der Waals surface area (Å²) in [6.07, 6.45) is 0. The third-order valence-corrected chi connectivity index (χ3v) is 4.80. The topological polar surface area (TPSA) is 63.7 Å². The fourth-order valence-corrected chi connectivity index (χ4v) is 3.41. The van der Waals surface area contributed by atoms with E-state index < -0.39 is 0 Å². The molecule has 0 bridgehead atoms. The van der Waals surface area contributed by atoms with Crippen LogP contribution in [0.2, 0.25) is 0 Å². The number of anilines is 2. The molecule has 0 radical (unpaired) electrons. The SMILES string of the molecule is CN(CC(=O)Nc1ccc2c(c1)OCO2)c1nc2ccccc2s1. The normalized spacial score (nSPS) is 12.4. The number of hydrogen-bond acceptors (Lipinski definition) is 6. The minimum Gasteiger partial charge on any atom is -0.454 e. The Morgan fingerprint density at radius 3 is 2.96 bits per heavy atom. The molecule has 1 N–H and O–H groups in total. The fraction of sp³-hybridized carbons (Fsp3) is 0.176. The monoisotopic (exact) mass is 341 g/mol. The van der Waals surface area contributed by atoms with Crippen molar-refractivity contribution in [2.24, 2.45) is 0 Å². The molecule has 122 valence electrons. The zero-order valence-corrected chi connectivity index (χ0v) is 13.8. The van der Waals surface area contributed by atoms with Crippen LogP contribution in [-0.2, 0) is 4.79 Å². The molecule has 0 saturated carbocycles. The third kappa shape index (κ3) is 2.85. The summed E-state index contributed by atoms with van der Waals surface area (Å²) in [5.41, 5.74) is 1.63. The molecule has 1 aliphatic heterocycles. The molecule has 1 amide bonds. The number of hydrogen-bond donors (Lipinski definition) is 1. The Kier molecular flexibility index (Phi) is 3.70. The van der Waals surface area contributed by atoms with E-state index in [9.17, 15) is 4.79 Å². The maximum absolute atomic E-state index is 12.3. The number of thiazole rings is 1. The van der Waals surface area contributed by atoms with Gasteiger partial charge in [-0.2, -0.15) is 0 Å². The van der Waals surface area contributed by atoms with Gasteiger partial charge in [-0.3, -0.25) is 4.79 Å². The molecule has 24 heavy (non-hydrogen) atoms. The quantitative estimate of drug-likeness (QED) is 0.790. The predicted molar refractivity (Wildman–Crippen MR) is 94.1 cm³/mol. The van der Waals surface area contributed by atoms with Crippen LogP contribution in [0.15, 0.2) is 42.5 Å². The molecule has 1 aliphatic rings.